The van der Waals surface area contributed by atoms with Crippen LogP contribution in [0, 0.1) is 13.8 Å². The zero-order valence-corrected chi connectivity index (χ0v) is 15.0. The molecule has 1 aliphatic heterocycles. The van der Waals surface area contributed by atoms with Crippen LogP contribution >= 0.6 is 0 Å². The van der Waals surface area contributed by atoms with Gasteiger partial charge in [0.15, 0.2) is 6.61 Å². The van der Waals surface area contributed by atoms with Gasteiger partial charge in [-0.15, -0.1) is 0 Å². The molecule has 0 unspecified atom stereocenters. The molecule has 7 nitrogen and oxygen atoms in total. The smallest absolute Gasteiger partial charge is 0.338 e. The van der Waals surface area contributed by atoms with Gasteiger partial charge in [-0.3, -0.25) is 4.79 Å². The van der Waals surface area contributed by atoms with Crippen LogP contribution in [0.2, 0.25) is 0 Å². The minimum absolute atomic E-state index is 0.0663. The summed E-state index contributed by atoms with van der Waals surface area (Å²) in [7, 11) is 0. The Morgan fingerprint density at radius 2 is 2.08 bits per heavy atom. The fourth-order valence-electron chi connectivity index (χ4n) is 2.93. The molecule has 1 amide bonds. The summed E-state index contributed by atoms with van der Waals surface area (Å²) in [5.74, 6) is -0.856. The van der Waals surface area contributed by atoms with Crippen molar-refractivity contribution in [1.29, 1.82) is 0 Å². The van der Waals surface area contributed by atoms with Crippen LogP contribution in [0.15, 0.2) is 30.3 Å². The van der Waals surface area contributed by atoms with Crippen LogP contribution in [0.4, 0.5) is 0 Å². The average Bonchev–Trinajstić information content (AvgIpc) is 3.27. The second kappa shape index (κ2) is 8.14. The number of rotatable bonds is 6. The average molecular weight is 357 g/mol. The molecule has 0 radical (unpaired) electrons. The minimum Gasteiger partial charge on any atom is -0.452 e. The molecule has 7 heteroatoms. The van der Waals surface area contributed by atoms with Gasteiger partial charge in [-0.1, -0.05) is 0 Å². The first-order valence-corrected chi connectivity index (χ1v) is 8.72. The van der Waals surface area contributed by atoms with Gasteiger partial charge in [0.1, 0.15) is 0 Å². The van der Waals surface area contributed by atoms with Gasteiger partial charge in [-0.2, -0.15) is 5.10 Å². The number of ether oxygens (including phenoxy) is 2. The number of hydrogen-bond acceptors (Lipinski definition) is 5. The van der Waals surface area contributed by atoms with E-state index in [0.717, 1.165) is 36.5 Å². The highest BCUT2D eigenvalue weighted by Gasteiger charge is 2.17. The number of aryl methyl sites for hydroxylation is 2. The van der Waals surface area contributed by atoms with Crippen LogP contribution in [0.3, 0.4) is 0 Å². The largest absolute Gasteiger partial charge is 0.452 e. The molecule has 0 aliphatic carbocycles. The van der Waals surface area contributed by atoms with E-state index in [1.54, 1.807) is 24.3 Å². The van der Waals surface area contributed by atoms with E-state index in [4.69, 9.17) is 9.47 Å². The Morgan fingerprint density at radius 3 is 2.69 bits per heavy atom. The third-order valence-corrected chi connectivity index (χ3v) is 4.24. The van der Waals surface area contributed by atoms with E-state index in [1.807, 2.05) is 24.6 Å². The maximum atomic E-state index is 12.1. The van der Waals surface area contributed by atoms with E-state index < -0.39 is 5.97 Å². The number of nitrogens with one attached hydrogen (secondary N) is 1. The van der Waals surface area contributed by atoms with Crippen molar-refractivity contribution >= 4 is 11.9 Å². The SMILES string of the molecule is Cc1cc(C)n(-c2ccc(C(=O)OCC(=O)NC[C@@H]3CCCO3)cc2)n1. The normalized spacial score (nSPS) is 16.5. The van der Waals surface area contributed by atoms with E-state index in [-0.39, 0.29) is 18.6 Å². The van der Waals surface area contributed by atoms with E-state index >= 15 is 0 Å². The Kier molecular flexibility index (Phi) is 5.68. The lowest BCUT2D eigenvalue weighted by Crippen LogP contribution is -2.34. The number of carbonyl (C=O) groups excluding carboxylic acids is 2. The molecule has 1 saturated heterocycles. The van der Waals surface area contributed by atoms with Crippen molar-refractivity contribution in [3.8, 4) is 5.69 Å². The Morgan fingerprint density at radius 1 is 1.31 bits per heavy atom. The molecule has 1 fully saturated rings. The minimum atomic E-state index is -0.530. The van der Waals surface area contributed by atoms with Crippen LogP contribution in [-0.2, 0) is 14.3 Å². The zero-order valence-electron chi connectivity index (χ0n) is 15.0. The zero-order chi connectivity index (χ0) is 18.5. The molecular formula is C19H23N3O4. The molecule has 2 heterocycles. The van der Waals surface area contributed by atoms with Crippen molar-refractivity contribution in [3.05, 3.63) is 47.3 Å². The molecule has 0 bridgehead atoms. The predicted octanol–water partition coefficient (Wildman–Crippen LogP) is 1.94. The highest BCUT2D eigenvalue weighted by atomic mass is 16.5. The number of nitrogens with zero attached hydrogens (tertiary/aromatic N) is 2. The van der Waals surface area contributed by atoms with Gasteiger partial charge < -0.3 is 14.8 Å². The van der Waals surface area contributed by atoms with Crippen molar-refractivity contribution in [2.75, 3.05) is 19.8 Å². The van der Waals surface area contributed by atoms with Gasteiger partial charge in [0.2, 0.25) is 0 Å². The summed E-state index contributed by atoms with van der Waals surface area (Å²) in [4.78, 5) is 23.8. The van der Waals surface area contributed by atoms with Crippen LogP contribution in [-0.4, -0.2) is 47.5 Å². The first-order valence-electron chi connectivity index (χ1n) is 8.72. The van der Waals surface area contributed by atoms with Crippen LogP contribution in [0.5, 0.6) is 0 Å². The monoisotopic (exact) mass is 357 g/mol. The quantitative estimate of drug-likeness (QED) is 0.799. The summed E-state index contributed by atoms with van der Waals surface area (Å²) in [5.41, 5.74) is 3.20. The van der Waals surface area contributed by atoms with Gasteiger partial charge in [0.25, 0.3) is 5.91 Å². The number of aromatic nitrogens is 2. The standard InChI is InChI=1S/C19H23N3O4/c1-13-10-14(2)22(21-13)16-7-5-15(6-8-16)19(24)26-12-18(23)20-11-17-4-3-9-25-17/h5-8,10,17H,3-4,9,11-12H2,1-2H3,(H,20,23)/t17-/m0/s1. The molecule has 138 valence electrons. The molecule has 3 rings (SSSR count). The lowest BCUT2D eigenvalue weighted by Gasteiger charge is -2.11. The molecule has 1 N–H and O–H groups in total. The van der Waals surface area contributed by atoms with E-state index in [0.29, 0.717) is 12.1 Å². The lowest BCUT2D eigenvalue weighted by atomic mass is 10.2. The van der Waals surface area contributed by atoms with Crippen molar-refractivity contribution in [3.63, 3.8) is 0 Å². The fourth-order valence-corrected chi connectivity index (χ4v) is 2.93. The number of benzene rings is 1. The van der Waals surface area contributed by atoms with Gasteiger partial charge >= 0.3 is 5.97 Å². The molecule has 0 spiro atoms. The molecular weight excluding hydrogens is 334 g/mol. The summed E-state index contributed by atoms with van der Waals surface area (Å²) in [5, 5.41) is 7.12. The van der Waals surface area contributed by atoms with Crippen LogP contribution < -0.4 is 5.32 Å². The molecule has 1 atom stereocenters. The third kappa shape index (κ3) is 4.49. The van der Waals surface area contributed by atoms with Crippen LogP contribution in [0.25, 0.3) is 5.69 Å². The summed E-state index contributed by atoms with van der Waals surface area (Å²) in [6.45, 7) is 4.79. The maximum absolute atomic E-state index is 12.1. The molecule has 26 heavy (non-hydrogen) atoms. The number of hydrogen-bond donors (Lipinski definition) is 1. The fraction of sp³-hybridized carbons (Fsp3) is 0.421. The number of esters is 1. The van der Waals surface area contributed by atoms with Gasteiger partial charge in [-0.25, -0.2) is 9.48 Å². The topological polar surface area (TPSA) is 82.5 Å². The summed E-state index contributed by atoms with van der Waals surface area (Å²) in [6, 6.07) is 8.91. The van der Waals surface area contributed by atoms with Crippen molar-refractivity contribution in [2.24, 2.45) is 0 Å². The molecule has 1 aliphatic rings. The van der Waals surface area contributed by atoms with Crippen molar-refractivity contribution in [1.82, 2.24) is 15.1 Å². The van der Waals surface area contributed by atoms with Gasteiger partial charge in [0.05, 0.1) is 23.0 Å². The second-order valence-corrected chi connectivity index (χ2v) is 6.40. The third-order valence-electron chi connectivity index (χ3n) is 4.24. The molecule has 2 aromatic rings. The van der Waals surface area contributed by atoms with E-state index in [2.05, 4.69) is 10.4 Å². The van der Waals surface area contributed by atoms with Crippen molar-refractivity contribution in [2.45, 2.75) is 32.8 Å². The Hall–Kier alpha value is -2.67. The summed E-state index contributed by atoms with van der Waals surface area (Å²) < 4.78 is 12.3. The van der Waals surface area contributed by atoms with Gasteiger partial charge in [0, 0.05) is 18.8 Å². The summed E-state index contributed by atoms with van der Waals surface area (Å²) in [6.07, 6.45) is 2.03. The van der Waals surface area contributed by atoms with E-state index in [1.165, 1.54) is 0 Å². The maximum Gasteiger partial charge on any atom is 0.338 e. The first kappa shape index (κ1) is 18.1. The van der Waals surface area contributed by atoms with E-state index in [9.17, 15) is 9.59 Å². The second-order valence-electron chi connectivity index (χ2n) is 6.40. The Labute approximate surface area is 152 Å². The molecule has 1 aromatic carbocycles. The summed E-state index contributed by atoms with van der Waals surface area (Å²) >= 11 is 0. The van der Waals surface area contributed by atoms with Gasteiger partial charge in [-0.05, 0) is 57.0 Å². The Bertz CT molecular complexity index is 777. The van der Waals surface area contributed by atoms with Crippen molar-refractivity contribution < 1.29 is 19.1 Å². The van der Waals surface area contributed by atoms with Crippen LogP contribution in [0.1, 0.15) is 34.6 Å². The molecule has 1 aromatic heterocycles. The highest BCUT2D eigenvalue weighted by Crippen LogP contribution is 2.14. The number of carbonyl (C=O) groups is 2. The Balaban J connectivity index is 1.50. The lowest BCUT2D eigenvalue weighted by molar-refractivity contribution is -0.124. The number of amides is 1. The molecule has 0 saturated carbocycles. The highest BCUT2D eigenvalue weighted by molar-refractivity contribution is 5.91. The predicted molar refractivity (Wildman–Crippen MR) is 95.3 cm³/mol. The first-order chi connectivity index (χ1) is 12.5.